The fourth-order valence-electron chi connectivity index (χ4n) is 2.04. The summed E-state index contributed by atoms with van der Waals surface area (Å²) in [5.74, 6) is 0. The zero-order valence-electron chi connectivity index (χ0n) is 13.1. The molecule has 0 spiro atoms. The zero-order valence-corrected chi connectivity index (χ0v) is 13.1. The van der Waals surface area contributed by atoms with Gasteiger partial charge < -0.3 is 0 Å². The van der Waals surface area contributed by atoms with E-state index in [0.717, 1.165) is 6.42 Å². The molecule has 100 valence electrons. The predicted molar refractivity (Wildman–Crippen MR) is 84.8 cm³/mol. The highest BCUT2D eigenvalue weighted by atomic mass is 14.2. The quantitative estimate of drug-likeness (QED) is 0.546. The molecule has 0 saturated carbocycles. The highest BCUT2D eigenvalue weighted by Gasteiger charge is 2.18. The summed E-state index contributed by atoms with van der Waals surface area (Å²) in [4.78, 5) is 0. The van der Waals surface area contributed by atoms with Crippen molar-refractivity contribution in [2.45, 2.75) is 54.9 Å². The molecule has 1 aliphatic rings. The molecule has 0 aromatic rings. The van der Waals surface area contributed by atoms with E-state index in [1.807, 2.05) is 13.8 Å². The minimum atomic E-state index is 1.08. The normalized spacial score (nSPS) is 19.5. The minimum Gasteiger partial charge on any atom is -0.0876 e. The second kappa shape index (κ2) is 8.74. The summed E-state index contributed by atoms with van der Waals surface area (Å²) in [5, 5.41) is 0. The van der Waals surface area contributed by atoms with Crippen LogP contribution in [0.25, 0.3) is 0 Å². The van der Waals surface area contributed by atoms with Crippen molar-refractivity contribution in [2.24, 2.45) is 0 Å². The third kappa shape index (κ3) is 4.52. The molecule has 0 bridgehead atoms. The molecule has 0 heterocycles. The third-order valence-electron chi connectivity index (χ3n) is 2.88. The van der Waals surface area contributed by atoms with Gasteiger partial charge in [0, 0.05) is 0 Å². The van der Waals surface area contributed by atoms with E-state index < -0.39 is 0 Å². The lowest BCUT2D eigenvalue weighted by Gasteiger charge is -2.00. The zero-order chi connectivity index (χ0) is 14.1. The number of allylic oxidation sites excluding steroid dienone is 10. The van der Waals surface area contributed by atoms with E-state index in [4.69, 9.17) is 0 Å². The molecule has 0 aromatic carbocycles. The Morgan fingerprint density at radius 2 is 1.72 bits per heavy atom. The molecule has 0 N–H and O–H groups in total. The first-order valence-corrected chi connectivity index (χ1v) is 6.93. The first kappa shape index (κ1) is 16.7. The lowest BCUT2D eigenvalue weighted by molar-refractivity contribution is 1.22. The summed E-state index contributed by atoms with van der Waals surface area (Å²) < 4.78 is 0. The lowest BCUT2D eigenvalue weighted by Crippen LogP contribution is -1.81. The smallest absolute Gasteiger partial charge is 0.00202 e. The van der Waals surface area contributed by atoms with Crippen LogP contribution in [0.15, 0.2) is 58.2 Å². The molecule has 0 amide bonds. The Kier molecular flexibility index (Phi) is 8.11. The van der Waals surface area contributed by atoms with Crippen molar-refractivity contribution in [1.29, 1.82) is 0 Å². The predicted octanol–water partition coefficient (Wildman–Crippen LogP) is 6.15. The van der Waals surface area contributed by atoms with Gasteiger partial charge in [-0.25, -0.2) is 0 Å². The molecule has 0 saturated heterocycles. The van der Waals surface area contributed by atoms with Gasteiger partial charge in [0.25, 0.3) is 0 Å². The summed E-state index contributed by atoms with van der Waals surface area (Å²) in [5.41, 5.74) is 7.10. The highest BCUT2D eigenvalue weighted by molar-refractivity contribution is 5.59. The molecule has 1 aliphatic carbocycles. The van der Waals surface area contributed by atoms with Crippen molar-refractivity contribution in [3.63, 3.8) is 0 Å². The Balaban J connectivity index is 0.00000137. The number of hydrogen-bond acceptors (Lipinski definition) is 0. The van der Waals surface area contributed by atoms with Crippen molar-refractivity contribution in [2.75, 3.05) is 0 Å². The van der Waals surface area contributed by atoms with E-state index in [1.54, 1.807) is 0 Å². The van der Waals surface area contributed by atoms with E-state index in [0.29, 0.717) is 0 Å². The summed E-state index contributed by atoms with van der Waals surface area (Å²) >= 11 is 0. The van der Waals surface area contributed by atoms with Crippen LogP contribution in [0.2, 0.25) is 0 Å². The first-order valence-electron chi connectivity index (χ1n) is 6.93. The second-order valence-corrected chi connectivity index (χ2v) is 4.47. The topological polar surface area (TPSA) is 0 Å². The van der Waals surface area contributed by atoms with Crippen LogP contribution in [-0.4, -0.2) is 0 Å². The SMILES string of the molecule is CC.C\C=C/C=C1/C(C)=C(C=C(C)C)C/C1=C/C. The Hall–Kier alpha value is -1.30. The minimum absolute atomic E-state index is 1.08. The Morgan fingerprint density at radius 3 is 2.17 bits per heavy atom. The summed E-state index contributed by atoms with van der Waals surface area (Å²) in [6.45, 7) is 14.7. The molecule has 0 heteroatoms. The average Bonchev–Trinajstić information content (AvgIpc) is 2.65. The fraction of sp³-hybridized carbons (Fsp3) is 0.444. The van der Waals surface area contributed by atoms with Gasteiger partial charge in [0.1, 0.15) is 0 Å². The molecule has 0 nitrogen and oxygen atoms in total. The average molecular weight is 244 g/mol. The molecule has 1 rings (SSSR count). The Bertz CT molecular complexity index is 405. The molecular formula is C18H28. The molecule has 0 aromatic heterocycles. The van der Waals surface area contributed by atoms with Crippen LogP contribution >= 0.6 is 0 Å². The molecule has 0 radical (unpaired) electrons. The summed E-state index contributed by atoms with van der Waals surface area (Å²) in [7, 11) is 0. The Labute approximate surface area is 113 Å². The van der Waals surface area contributed by atoms with Crippen LogP contribution in [-0.2, 0) is 0 Å². The van der Waals surface area contributed by atoms with Crippen LogP contribution in [0.4, 0.5) is 0 Å². The van der Waals surface area contributed by atoms with Gasteiger partial charge in [0.2, 0.25) is 0 Å². The number of hydrogen-bond donors (Lipinski definition) is 0. The van der Waals surface area contributed by atoms with Crippen LogP contribution in [0, 0.1) is 0 Å². The van der Waals surface area contributed by atoms with Crippen molar-refractivity contribution < 1.29 is 0 Å². The maximum absolute atomic E-state index is 2.30. The maximum atomic E-state index is 2.30. The van der Waals surface area contributed by atoms with E-state index in [2.05, 4.69) is 65.0 Å². The van der Waals surface area contributed by atoms with Crippen molar-refractivity contribution >= 4 is 0 Å². The lowest BCUT2D eigenvalue weighted by atomic mass is 10.0. The van der Waals surface area contributed by atoms with Crippen molar-refractivity contribution in [3.05, 3.63) is 58.2 Å². The molecule has 0 fully saturated rings. The van der Waals surface area contributed by atoms with Gasteiger partial charge >= 0.3 is 0 Å². The van der Waals surface area contributed by atoms with E-state index in [-0.39, 0.29) is 0 Å². The second-order valence-electron chi connectivity index (χ2n) is 4.47. The monoisotopic (exact) mass is 244 g/mol. The van der Waals surface area contributed by atoms with Gasteiger partial charge in [-0.2, -0.15) is 0 Å². The third-order valence-corrected chi connectivity index (χ3v) is 2.88. The number of rotatable bonds is 2. The van der Waals surface area contributed by atoms with Crippen LogP contribution < -0.4 is 0 Å². The van der Waals surface area contributed by atoms with Gasteiger partial charge in [-0.05, 0) is 63.3 Å². The first-order chi connectivity index (χ1) is 8.60. The Morgan fingerprint density at radius 1 is 1.11 bits per heavy atom. The molecule has 0 aliphatic heterocycles. The fourth-order valence-corrected chi connectivity index (χ4v) is 2.04. The van der Waals surface area contributed by atoms with E-state index >= 15 is 0 Å². The van der Waals surface area contributed by atoms with Gasteiger partial charge in [0.15, 0.2) is 0 Å². The van der Waals surface area contributed by atoms with E-state index in [9.17, 15) is 0 Å². The van der Waals surface area contributed by atoms with E-state index in [1.165, 1.54) is 27.9 Å². The van der Waals surface area contributed by atoms with Crippen LogP contribution in [0.5, 0.6) is 0 Å². The van der Waals surface area contributed by atoms with Gasteiger partial charge in [-0.15, -0.1) is 0 Å². The van der Waals surface area contributed by atoms with Gasteiger partial charge in [0.05, 0.1) is 0 Å². The van der Waals surface area contributed by atoms with Crippen molar-refractivity contribution in [1.82, 2.24) is 0 Å². The molecule has 18 heavy (non-hydrogen) atoms. The molecule has 0 unspecified atom stereocenters. The summed E-state index contributed by atoms with van der Waals surface area (Å²) in [6.07, 6.45) is 12.0. The molecular weight excluding hydrogens is 216 g/mol. The molecule has 0 atom stereocenters. The maximum Gasteiger partial charge on any atom is -0.00202 e. The van der Waals surface area contributed by atoms with Gasteiger partial charge in [-0.1, -0.05) is 49.8 Å². The largest absolute Gasteiger partial charge is 0.0876 e. The van der Waals surface area contributed by atoms with Gasteiger partial charge in [-0.3, -0.25) is 0 Å². The summed E-state index contributed by atoms with van der Waals surface area (Å²) in [6, 6.07) is 0. The van der Waals surface area contributed by atoms with Crippen LogP contribution in [0.1, 0.15) is 54.9 Å². The van der Waals surface area contributed by atoms with Crippen LogP contribution in [0.3, 0.4) is 0 Å². The standard InChI is InChI=1S/C16H22.C2H6/c1-6-8-9-16-13(5)15(10-12(3)4)11-14(16)7-2;1-2/h6-10H,11H2,1-5H3;1-2H3/b8-6-,14-7-,16-9-;. The highest BCUT2D eigenvalue weighted by Crippen LogP contribution is 2.37. The van der Waals surface area contributed by atoms with Crippen molar-refractivity contribution in [3.8, 4) is 0 Å².